The number of aromatic nitrogens is 2. The first-order valence-electron chi connectivity index (χ1n) is 6.45. The van der Waals surface area contributed by atoms with Crippen LogP contribution in [-0.2, 0) is 10.0 Å². The lowest BCUT2D eigenvalue weighted by molar-refractivity contribution is 0.0997. The van der Waals surface area contributed by atoms with Gasteiger partial charge in [-0.3, -0.25) is 4.79 Å². The maximum absolute atomic E-state index is 12.2. The number of aromatic amines is 1. The van der Waals surface area contributed by atoms with Crippen molar-refractivity contribution in [1.82, 2.24) is 14.3 Å². The molecule has 0 aliphatic carbocycles. The molecule has 0 aliphatic heterocycles. The summed E-state index contributed by atoms with van der Waals surface area (Å²) in [5.74, 6) is -0.640. The highest BCUT2D eigenvalue weighted by molar-refractivity contribution is 7.89. The molecule has 0 atom stereocenters. The molecule has 2 aromatic heterocycles. The minimum atomic E-state index is -3.53. The number of pyridine rings is 1. The van der Waals surface area contributed by atoms with Crippen LogP contribution in [-0.4, -0.2) is 42.7 Å². The second kappa shape index (κ2) is 4.79. The number of rotatable bonds is 3. The number of fused-ring (bicyclic) bond motifs is 3. The number of sulfonamides is 1. The van der Waals surface area contributed by atoms with Crippen LogP contribution in [0.25, 0.3) is 21.8 Å². The van der Waals surface area contributed by atoms with Crippen molar-refractivity contribution in [1.29, 1.82) is 0 Å². The standard InChI is InChI=1S/C14H14N4O3S/c1-18(2)22(20,21)8-3-4-11-10(7-8)9-5-6-16-13(14(15)19)12(9)17-11/h3-7,17H,1-2H3,(H2,15,19). The Labute approximate surface area is 126 Å². The van der Waals surface area contributed by atoms with E-state index >= 15 is 0 Å². The van der Waals surface area contributed by atoms with Crippen molar-refractivity contribution < 1.29 is 13.2 Å². The van der Waals surface area contributed by atoms with E-state index in [4.69, 9.17) is 5.73 Å². The Kier molecular flexibility index (Phi) is 3.15. The van der Waals surface area contributed by atoms with Crippen molar-refractivity contribution in [3.05, 3.63) is 36.2 Å². The van der Waals surface area contributed by atoms with Gasteiger partial charge in [-0.1, -0.05) is 0 Å². The van der Waals surface area contributed by atoms with Crippen LogP contribution in [0.2, 0.25) is 0 Å². The van der Waals surface area contributed by atoms with Gasteiger partial charge >= 0.3 is 0 Å². The van der Waals surface area contributed by atoms with Crippen molar-refractivity contribution in [2.75, 3.05) is 14.1 Å². The molecule has 114 valence electrons. The lowest BCUT2D eigenvalue weighted by atomic mass is 10.1. The number of amides is 1. The summed E-state index contributed by atoms with van der Waals surface area (Å²) in [5.41, 5.74) is 6.66. The van der Waals surface area contributed by atoms with E-state index in [0.29, 0.717) is 21.8 Å². The molecule has 22 heavy (non-hydrogen) atoms. The molecule has 1 amide bonds. The average molecular weight is 318 g/mol. The summed E-state index contributed by atoms with van der Waals surface area (Å²) in [6.07, 6.45) is 1.48. The molecular weight excluding hydrogens is 304 g/mol. The number of nitrogens with zero attached hydrogens (tertiary/aromatic N) is 2. The summed E-state index contributed by atoms with van der Waals surface area (Å²) in [5, 5.41) is 1.40. The summed E-state index contributed by atoms with van der Waals surface area (Å²) < 4.78 is 25.6. The van der Waals surface area contributed by atoms with Crippen LogP contribution in [0.4, 0.5) is 0 Å². The fraction of sp³-hybridized carbons (Fsp3) is 0.143. The van der Waals surface area contributed by atoms with Gasteiger partial charge in [-0.05, 0) is 24.3 Å². The van der Waals surface area contributed by atoms with Gasteiger partial charge in [-0.25, -0.2) is 17.7 Å². The van der Waals surface area contributed by atoms with E-state index in [-0.39, 0.29) is 10.6 Å². The van der Waals surface area contributed by atoms with Crippen LogP contribution in [0, 0.1) is 0 Å². The fourth-order valence-electron chi connectivity index (χ4n) is 2.36. The first-order valence-corrected chi connectivity index (χ1v) is 7.89. The van der Waals surface area contributed by atoms with Crippen LogP contribution in [0.3, 0.4) is 0 Å². The molecule has 3 N–H and O–H groups in total. The van der Waals surface area contributed by atoms with Gasteiger partial charge in [0.2, 0.25) is 10.0 Å². The van der Waals surface area contributed by atoms with Gasteiger partial charge in [0, 0.05) is 36.6 Å². The molecular formula is C14H14N4O3S. The molecule has 0 aliphatic rings. The minimum absolute atomic E-state index is 0.130. The molecule has 3 rings (SSSR count). The summed E-state index contributed by atoms with van der Waals surface area (Å²) in [7, 11) is -0.577. The van der Waals surface area contributed by atoms with E-state index < -0.39 is 15.9 Å². The normalized spacial score (nSPS) is 12.3. The molecule has 0 saturated heterocycles. The Morgan fingerprint density at radius 3 is 2.59 bits per heavy atom. The van der Waals surface area contributed by atoms with Crippen LogP contribution >= 0.6 is 0 Å². The fourth-order valence-corrected chi connectivity index (χ4v) is 3.29. The molecule has 0 unspecified atom stereocenters. The Morgan fingerprint density at radius 2 is 1.95 bits per heavy atom. The molecule has 8 heteroatoms. The van der Waals surface area contributed by atoms with Crippen LogP contribution in [0.15, 0.2) is 35.4 Å². The number of carbonyl (C=O) groups excluding carboxylic acids is 1. The van der Waals surface area contributed by atoms with Crippen LogP contribution in [0.1, 0.15) is 10.5 Å². The third-order valence-electron chi connectivity index (χ3n) is 3.50. The molecule has 7 nitrogen and oxygen atoms in total. The van der Waals surface area contributed by atoms with Crippen molar-refractivity contribution in [2.24, 2.45) is 5.73 Å². The summed E-state index contributed by atoms with van der Waals surface area (Å²) >= 11 is 0. The summed E-state index contributed by atoms with van der Waals surface area (Å²) in [6.45, 7) is 0. The van der Waals surface area contributed by atoms with E-state index in [0.717, 1.165) is 4.31 Å². The smallest absolute Gasteiger partial charge is 0.269 e. The third kappa shape index (κ3) is 2.04. The van der Waals surface area contributed by atoms with E-state index in [1.54, 1.807) is 18.2 Å². The van der Waals surface area contributed by atoms with Crippen molar-refractivity contribution in [3.8, 4) is 0 Å². The zero-order valence-corrected chi connectivity index (χ0v) is 12.8. The molecule has 0 bridgehead atoms. The minimum Gasteiger partial charge on any atom is -0.364 e. The summed E-state index contributed by atoms with van der Waals surface area (Å²) in [6, 6.07) is 6.47. The van der Waals surface area contributed by atoms with Gasteiger partial charge in [0.15, 0.2) is 5.69 Å². The molecule has 0 fully saturated rings. The Morgan fingerprint density at radius 1 is 1.23 bits per heavy atom. The number of primary amides is 1. The molecule has 2 heterocycles. The second-order valence-electron chi connectivity index (χ2n) is 5.07. The van der Waals surface area contributed by atoms with Gasteiger partial charge in [-0.15, -0.1) is 0 Å². The molecule has 0 saturated carbocycles. The topological polar surface area (TPSA) is 109 Å². The number of H-pyrrole nitrogens is 1. The van der Waals surface area contributed by atoms with E-state index in [9.17, 15) is 13.2 Å². The zero-order chi connectivity index (χ0) is 16.1. The molecule has 0 radical (unpaired) electrons. The molecule has 3 aromatic rings. The molecule has 1 aromatic carbocycles. The number of nitrogens with two attached hydrogens (primary N) is 1. The Balaban J connectivity index is 2.36. The maximum atomic E-state index is 12.2. The summed E-state index contributed by atoms with van der Waals surface area (Å²) in [4.78, 5) is 18.7. The van der Waals surface area contributed by atoms with Crippen molar-refractivity contribution in [3.63, 3.8) is 0 Å². The van der Waals surface area contributed by atoms with Gasteiger partial charge in [0.1, 0.15) is 0 Å². The number of hydrogen-bond acceptors (Lipinski definition) is 4. The lowest BCUT2D eigenvalue weighted by Crippen LogP contribution is -2.22. The van der Waals surface area contributed by atoms with Gasteiger partial charge < -0.3 is 10.7 Å². The van der Waals surface area contributed by atoms with Crippen molar-refractivity contribution >= 4 is 37.7 Å². The third-order valence-corrected chi connectivity index (χ3v) is 5.31. The monoisotopic (exact) mass is 318 g/mol. The Hall–Kier alpha value is -2.45. The lowest BCUT2D eigenvalue weighted by Gasteiger charge is -2.11. The first kappa shape index (κ1) is 14.5. The quantitative estimate of drug-likeness (QED) is 0.752. The number of nitrogens with one attached hydrogen (secondary N) is 1. The van der Waals surface area contributed by atoms with E-state index in [1.165, 1.54) is 26.4 Å². The van der Waals surface area contributed by atoms with Crippen molar-refractivity contribution in [2.45, 2.75) is 4.90 Å². The predicted molar refractivity (Wildman–Crippen MR) is 83.0 cm³/mol. The SMILES string of the molecule is CN(C)S(=O)(=O)c1ccc2[nH]c3c(C(N)=O)nccc3c2c1. The van der Waals surface area contributed by atoms with Crippen LogP contribution in [0.5, 0.6) is 0 Å². The van der Waals surface area contributed by atoms with Gasteiger partial charge in [0.25, 0.3) is 5.91 Å². The largest absolute Gasteiger partial charge is 0.364 e. The van der Waals surface area contributed by atoms with E-state index in [2.05, 4.69) is 9.97 Å². The zero-order valence-electron chi connectivity index (χ0n) is 12.0. The highest BCUT2D eigenvalue weighted by atomic mass is 32.2. The maximum Gasteiger partial charge on any atom is 0.269 e. The Bertz CT molecular complexity index is 1010. The average Bonchev–Trinajstić information content (AvgIpc) is 2.84. The second-order valence-corrected chi connectivity index (χ2v) is 7.22. The number of carbonyl (C=O) groups is 1. The van der Waals surface area contributed by atoms with E-state index in [1.807, 2.05) is 0 Å². The highest BCUT2D eigenvalue weighted by Crippen LogP contribution is 2.29. The first-order chi connectivity index (χ1) is 10.3. The van der Waals surface area contributed by atoms with Gasteiger partial charge in [0.05, 0.1) is 10.4 Å². The number of hydrogen-bond donors (Lipinski definition) is 2. The van der Waals surface area contributed by atoms with Crippen LogP contribution < -0.4 is 5.73 Å². The molecule has 0 spiro atoms. The predicted octanol–water partition coefficient (Wildman–Crippen LogP) is 1.07. The highest BCUT2D eigenvalue weighted by Gasteiger charge is 2.19. The number of benzene rings is 1. The van der Waals surface area contributed by atoms with Gasteiger partial charge in [-0.2, -0.15) is 0 Å².